The summed E-state index contributed by atoms with van der Waals surface area (Å²) in [6, 6.07) is 7.61. The zero-order chi connectivity index (χ0) is 15.2. The van der Waals surface area contributed by atoms with Crippen LogP contribution in [0.15, 0.2) is 48.6 Å². The number of hydrogen-bond acceptors (Lipinski definition) is 1. The van der Waals surface area contributed by atoms with Crippen LogP contribution in [-0.4, -0.2) is 5.11 Å². The first-order valence-corrected chi connectivity index (χ1v) is 8.41. The molecule has 0 atom stereocenters. The fourth-order valence-corrected chi connectivity index (χ4v) is 2.33. The van der Waals surface area contributed by atoms with Crippen LogP contribution in [0.5, 0.6) is 5.75 Å². The van der Waals surface area contributed by atoms with Gasteiger partial charge in [0.2, 0.25) is 0 Å². The van der Waals surface area contributed by atoms with Crippen LogP contribution in [0.4, 0.5) is 0 Å². The third-order valence-electron chi connectivity index (χ3n) is 3.56. The van der Waals surface area contributed by atoms with Crippen molar-refractivity contribution in [1.82, 2.24) is 0 Å². The van der Waals surface area contributed by atoms with Gasteiger partial charge in [0, 0.05) is 0 Å². The average Bonchev–Trinajstić information content (AvgIpc) is 2.48. The Morgan fingerprint density at radius 1 is 0.905 bits per heavy atom. The molecule has 1 aromatic rings. The summed E-state index contributed by atoms with van der Waals surface area (Å²) < 4.78 is 0. The van der Waals surface area contributed by atoms with Crippen molar-refractivity contribution in [3.05, 3.63) is 54.1 Å². The number of hydrogen-bond donors (Lipinski definition) is 1. The fourth-order valence-electron chi connectivity index (χ4n) is 2.33. The molecule has 0 saturated heterocycles. The average molecular weight is 286 g/mol. The zero-order valence-electron chi connectivity index (χ0n) is 13.4. The van der Waals surface area contributed by atoms with Crippen molar-refractivity contribution in [1.29, 1.82) is 0 Å². The lowest BCUT2D eigenvalue weighted by atomic mass is 10.1. The van der Waals surface area contributed by atoms with Gasteiger partial charge in [-0.15, -0.1) is 0 Å². The van der Waals surface area contributed by atoms with E-state index in [9.17, 15) is 5.11 Å². The lowest BCUT2D eigenvalue weighted by molar-refractivity contribution is 0.474. The minimum absolute atomic E-state index is 0.380. The van der Waals surface area contributed by atoms with E-state index in [4.69, 9.17) is 0 Å². The van der Waals surface area contributed by atoms with Crippen molar-refractivity contribution in [2.24, 2.45) is 0 Å². The first-order valence-electron chi connectivity index (χ1n) is 8.41. The Labute approximate surface area is 130 Å². The highest BCUT2D eigenvalue weighted by atomic mass is 16.3. The molecule has 0 aliphatic heterocycles. The number of benzene rings is 1. The van der Waals surface area contributed by atoms with E-state index in [2.05, 4.69) is 37.3 Å². The predicted octanol–water partition coefficient (Wildman–Crippen LogP) is 6.19. The smallest absolute Gasteiger partial charge is 0.115 e. The molecule has 0 heterocycles. The summed E-state index contributed by atoms with van der Waals surface area (Å²) in [5.74, 6) is 0.380. The number of allylic oxidation sites excluding steroid dienone is 4. The summed E-state index contributed by atoms with van der Waals surface area (Å²) >= 11 is 0. The molecule has 0 radical (unpaired) electrons. The van der Waals surface area contributed by atoms with Crippen molar-refractivity contribution in [3.8, 4) is 5.75 Å². The van der Waals surface area contributed by atoms with Crippen molar-refractivity contribution >= 4 is 0 Å². The van der Waals surface area contributed by atoms with Crippen LogP contribution in [0.2, 0.25) is 0 Å². The van der Waals surface area contributed by atoms with Crippen LogP contribution < -0.4 is 0 Å². The van der Waals surface area contributed by atoms with Gasteiger partial charge < -0.3 is 5.11 Å². The molecule has 21 heavy (non-hydrogen) atoms. The summed E-state index contributed by atoms with van der Waals surface area (Å²) in [6.07, 6.45) is 20.0. The fraction of sp³-hybridized carbons (Fsp3) is 0.500. The molecule has 0 aliphatic rings. The minimum atomic E-state index is 0.380. The van der Waals surface area contributed by atoms with Crippen LogP contribution >= 0.6 is 0 Å². The maximum Gasteiger partial charge on any atom is 0.115 e. The topological polar surface area (TPSA) is 20.2 Å². The van der Waals surface area contributed by atoms with E-state index in [0.717, 1.165) is 12.8 Å². The maximum absolute atomic E-state index is 9.39. The van der Waals surface area contributed by atoms with Gasteiger partial charge in [0.15, 0.2) is 0 Å². The van der Waals surface area contributed by atoms with Crippen LogP contribution in [0.1, 0.15) is 63.9 Å². The molecule has 0 bridgehead atoms. The quantitative estimate of drug-likeness (QED) is 0.380. The molecule has 1 N–H and O–H groups in total. The lowest BCUT2D eigenvalue weighted by Gasteiger charge is -2.02. The molecular weight excluding hydrogens is 256 g/mol. The number of unbranched alkanes of at least 4 members (excludes halogenated alkanes) is 5. The molecule has 1 heteroatoms. The van der Waals surface area contributed by atoms with Gasteiger partial charge in [0.05, 0.1) is 0 Å². The van der Waals surface area contributed by atoms with Gasteiger partial charge in [-0.3, -0.25) is 0 Å². The molecule has 1 rings (SSSR count). The molecule has 116 valence electrons. The Morgan fingerprint density at radius 2 is 1.67 bits per heavy atom. The molecule has 0 fully saturated rings. The van der Waals surface area contributed by atoms with Gasteiger partial charge in [0.1, 0.15) is 5.75 Å². The van der Waals surface area contributed by atoms with Crippen molar-refractivity contribution in [2.45, 2.75) is 64.7 Å². The summed E-state index contributed by atoms with van der Waals surface area (Å²) in [7, 11) is 0. The first-order chi connectivity index (χ1) is 10.3. The molecule has 0 amide bonds. The number of aryl methyl sites for hydroxylation is 1. The third kappa shape index (κ3) is 9.95. The van der Waals surface area contributed by atoms with Crippen molar-refractivity contribution in [3.63, 3.8) is 0 Å². The van der Waals surface area contributed by atoms with Gasteiger partial charge in [-0.05, 0) is 56.2 Å². The SMILES string of the molecule is CCC/C=C\C/C=C\CCCCCCc1cccc(O)c1. The molecule has 1 aromatic carbocycles. The highest BCUT2D eigenvalue weighted by Crippen LogP contribution is 2.14. The number of phenolic OH excluding ortho intramolecular Hbond substituents is 1. The van der Waals surface area contributed by atoms with E-state index in [1.807, 2.05) is 12.1 Å². The number of aromatic hydroxyl groups is 1. The second-order valence-electron chi connectivity index (χ2n) is 5.59. The molecule has 0 aromatic heterocycles. The predicted molar refractivity (Wildman–Crippen MR) is 92.7 cm³/mol. The Bertz CT molecular complexity index is 418. The van der Waals surface area contributed by atoms with E-state index < -0.39 is 0 Å². The third-order valence-corrected chi connectivity index (χ3v) is 3.56. The first kappa shape index (κ1) is 17.6. The second kappa shape index (κ2) is 12.3. The minimum Gasteiger partial charge on any atom is -0.508 e. The standard InChI is InChI=1S/C20H30O/c1-2-3-4-5-6-7-8-9-10-11-12-13-15-19-16-14-17-20(21)18-19/h4-5,7-8,14,16-18,21H,2-3,6,9-13,15H2,1H3/b5-4-,8-7-. The van der Waals surface area contributed by atoms with Gasteiger partial charge in [-0.1, -0.05) is 62.6 Å². The summed E-state index contributed by atoms with van der Waals surface area (Å²) in [4.78, 5) is 0. The molecule has 1 nitrogen and oxygen atoms in total. The monoisotopic (exact) mass is 286 g/mol. The van der Waals surface area contributed by atoms with E-state index in [0.29, 0.717) is 5.75 Å². The van der Waals surface area contributed by atoms with Crippen LogP contribution in [0.3, 0.4) is 0 Å². The second-order valence-corrected chi connectivity index (χ2v) is 5.59. The molecule has 0 unspecified atom stereocenters. The summed E-state index contributed by atoms with van der Waals surface area (Å²) in [5, 5.41) is 9.39. The molecular formula is C20H30O. The maximum atomic E-state index is 9.39. The van der Waals surface area contributed by atoms with Crippen LogP contribution in [-0.2, 0) is 6.42 Å². The van der Waals surface area contributed by atoms with Crippen molar-refractivity contribution in [2.75, 3.05) is 0 Å². The number of rotatable bonds is 11. The normalized spacial score (nSPS) is 11.7. The van der Waals surface area contributed by atoms with Crippen LogP contribution in [0.25, 0.3) is 0 Å². The molecule has 0 aliphatic carbocycles. The van der Waals surface area contributed by atoms with Gasteiger partial charge >= 0.3 is 0 Å². The van der Waals surface area contributed by atoms with E-state index >= 15 is 0 Å². The summed E-state index contributed by atoms with van der Waals surface area (Å²) in [6.45, 7) is 2.21. The van der Waals surface area contributed by atoms with Gasteiger partial charge in [-0.25, -0.2) is 0 Å². The van der Waals surface area contributed by atoms with Gasteiger partial charge in [0.25, 0.3) is 0 Å². The summed E-state index contributed by atoms with van der Waals surface area (Å²) in [5.41, 5.74) is 1.24. The Balaban J connectivity index is 1.94. The van der Waals surface area contributed by atoms with Gasteiger partial charge in [-0.2, -0.15) is 0 Å². The number of phenols is 1. The lowest BCUT2D eigenvalue weighted by Crippen LogP contribution is -1.85. The van der Waals surface area contributed by atoms with E-state index in [1.54, 1.807) is 6.07 Å². The Kier molecular flexibility index (Phi) is 10.2. The molecule has 0 saturated carbocycles. The van der Waals surface area contributed by atoms with Crippen LogP contribution in [0, 0.1) is 0 Å². The molecule has 0 spiro atoms. The highest BCUT2D eigenvalue weighted by Gasteiger charge is 1.95. The van der Waals surface area contributed by atoms with E-state index in [-0.39, 0.29) is 0 Å². The highest BCUT2D eigenvalue weighted by molar-refractivity contribution is 5.27. The van der Waals surface area contributed by atoms with Crippen molar-refractivity contribution < 1.29 is 5.11 Å². The Morgan fingerprint density at radius 3 is 2.43 bits per heavy atom. The Hall–Kier alpha value is -1.50. The largest absolute Gasteiger partial charge is 0.508 e. The van der Waals surface area contributed by atoms with E-state index in [1.165, 1.54) is 50.5 Å². The zero-order valence-corrected chi connectivity index (χ0v) is 13.4.